The molecule has 1 aromatic carbocycles. The highest BCUT2D eigenvalue weighted by molar-refractivity contribution is 5.15. The van der Waals surface area contributed by atoms with E-state index in [1.54, 1.807) is 0 Å². The van der Waals surface area contributed by atoms with Gasteiger partial charge in [0.1, 0.15) is 0 Å². The number of rotatable bonds is 5. The molecule has 2 rings (SSSR count). The molecule has 2 heteroatoms. The summed E-state index contributed by atoms with van der Waals surface area (Å²) in [5.74, 6) is 0. The van der Waals surface area contributed by atoms with Crippen molar-refractivity contribution >= 4 is 0 Å². The molecule has 18 heavy (non-hydrogen) atoms. The Bertz CT molecular complexity index is 328. The lowest BCUT2D eigenvalue weighted by molar-refractivity contribution is 0.222. The van der Waals surface area contributed by atoms with Crippen LogP contribution in [0, 0.1) is 0 Å². The molecule has 1 aromatic rings. The summed E-state index contributed by atoms with van der Waals surface area (Å²) in [5.41, 5.74) is 1.45. The Morgan fingerprint density at radius 1 is 1.22 bits per heavy atom. The van der Waals surface area contributed by atoms with Crippen molar-refractivity contribution in [3.63, 3.8) is 0 Å². The molecular formula is C16H26N2. The summed E-state index contributed by atoms with van der Waals surface area (Å²) in [6, 6.07) is 12.2. The zero-order chi connectivity index (χ0) is 12.8. The minimum absolute atomic E-state index is 0.626. The fraction of sp³-hybridized carbons (Fsp3) is 0.625. The standard InChI is InChI=1S/C16H26N2/c1-3-15(13-14-7-5-4-6-8-14)17-16-9-11-18(2)12-10-16/h4-8,15-17H,3,9-13H2,1-2H3. The second-order valence-corrected chi connectivity index (χ2v) is 5.54. The van der Waals surface area contributed by atoms with Crippen LogP contribution in [0.15, 0.2) is 30.3 Å². The molecule has 0 aromatic heterocycles. The van der Waals surface area contributed by atoms with E-state index in [1.807, 2.05) is 0 Å². The zero-order valence-corrected chi connectivity index (χ0v) is 11.7. The third kappa shape index (κ3) is 4.11. The van der Waals surface area contributed by atoms with E-state index >= 15 is 0 Å². The molecule has 1 unspecified atom stereocenters. The van der Waals surface area contributed by atoms with Gasteiger partial charge >= 0.3 is 0 Å². The van der Waals surface area contributed by atoms with E-state index in [2.05, 4.69) is 54.5 Å². The Labute approximate surface area is 111 Å². The first kappa shape index (κ1) is 13.6. The summed E-state index contributed by atoms with van der Waals surface area (Å²) in [6.07, 6.45) is 4.95. The average molecular weight is 246 g/mol. The third-order valence-corrected chi connectivity index (χ3v) is 4.01. The van der Waals surface area contributed by atoms with E-state index in [4.69, 9.17) is 0 Å². The number of nitrogens with zero attached hydrogens (tertiary/aromatic N) is 1. The molecule has 0 amide bonds. The van der Waals surface area contributed by atoms with Gasteiger partial charge in [0.15, 0.2) is 0 Å². The summed E-state index contributed by atoms with van der Waals surface area (Å²) in [5, 5.41) is 3.85. The molecule has 100 valence electrons. The molecule has 2 nitrogen and oxygen atoms in total. The van der Waals surface area contributed by atoms with Crippen LogP contribution in [-0.4, -0.2) is 37.1 Å². The van der Waals surface area contributed by atoms with Gasteiger partial charge in [0.2, 0.25) is 0 Å². The Hall–Kier alpha value is -0.860. The predicted molar refractivity (Wildman–Crippen MR) is 77.9 cm³/mol. The first-order chi connectivity index (χ1) is 8.78. The van der Waals surface area contributed by atoms with E-state index < -0.39 is 0 Å². The van der Waals surface area contributed by atoms with Crippen molar-refractivity contribution in [2.75, 3.05) is 20.1 Å². The Kier molecular flexibility index (Phi) is 5.21. The first-order valence-corrected chi connectivity index (χ1v) is 7.26. The number of benzene rings is 1. The largest absolute Gasteiger partial charge is 0.311 e. The van der Waals surface area contributed by atoms with Crippen molar-refractivity contribution in [2.45, 2.75) is 44.7 Å². The van der Waals surface area contributed by atoms with Gasteiger partial charge in [-0.15, -0.1) is 0 Å². The second-order valence-electron chi connectivity index (χ2n) is 5.54. The maximum Gasteiger partial charge on any atom is 0.0107 e. The van der Waals surface area contributed by atoms with Crippen LogP contribution in [0.5, 0.6) is 0 Å². The Morgan fingerprint density at radius 3 is 2.50 bits per heavy atom. The molecular weight excluding hydrogens is 220 g/mol. The van der Waals surface area contributed by atoms with Gasteiger partial charge in [0.25, 0.3) is 0 Å². The normalized spacial score (nSPS) is 19.9. The van der Waals surface area contributed by atoms with E-state index in [9.17, 15) is 0 Å². The van der Waals surface area contributed by atoms with E-state index in [0.717, 1.165) is 12.5 Å². The van der Waals surface area contributed by atoms with Crippen molar-refractivity contribution in [1.82, 2.24) is 10.2 Å². The third-order valence-electron chi connectivity index (χ3n) is 4.01. The van der Waals surface area contributed by atoms with Gasteiger partial charge in [0, 0.05) is 12.1 Å². The van der Waals surface area contributed by atoms with Crippen LogP contribution in [0.4, 0.5) is 0 Å². The molecule has 0 spiro atoms. The number of piperidine rings is 1. The molecule has 0 saturated carbocycles. The van der Waals surface area contributed by atoms with Crippen molar-refractivity contribution in [2.24, 2.45) is 0 Å². The van der Waals surface area contributed by atoms with Crippen molar-refractivity contribution in [3.8, 4) is 0 Å². The van der Waals surface area contributed by atoms with Crippen LogP contribution in [0.3, 0.4) is 0 Å². The van der Waals surface area contributed by atoms with Crippen LogP contribution in [0.1, 0.15) is 31.7 Å². The van der Waals surface area contributed by atoms with Crippen LogP contribution in [-0.2, 0) is 6.42 Å². The predicted octanol–water partition coefficient (Wildman–Crippen LogP) is 2.69. The molecule has 1 fully saturated rings. The van der Waals surface area contributed by atoms with Crippen molar-refractivity contribution < 1.29 is 0 Å². The van der Waals surface area contributed by atoms with Crippen molar-refractivity contribution in [3.05, 3.63) is 35.9 Å². The minimum atomic E-state index is 0.626. The molecule has 1 heterocycles. The monoisotopic (exact) mass is 246 g/mol. The first-order valence-electron chi connectivity index (χ1n) is 7.26. The fourth-order valence-corrected chi connectivity index (χ4v) is 2.73. The van der Waals surface area contributed by atoms with Gasteiger partial charge in [-0.25, -0.2) is 0 Å². The quantitative estimate of drug-likeness (QED) is 0.859. The van der Waals surface area contributed by atoms with E-state index in [-0.39, 0.29) is 0 Å². The number of hydrogen-bond donors (Lipinski definition) is 1. The summed E-state index contributed by atoms with van der Waals surface area (Å²) < 4.78 is 0. The number of nitrogens with one attached hydrogen (secondary N) is 1. The highest BCUT2D eigenvalue weighted by Crippen LogP contribution is 2.12. The van der Waals surface area contributed by atoms with Crippen LogP contribution in [0.2, 0.25) is 0 Å². The van der Waals surface area contributed by atoms with Gasteiger partial charge in [-0.2, -0.15) is 0 Å². The molecule has 1 atom stereocenters. The van der Waals surface area contributed by atoms with E-state index in [0.29, 0.717) is 6.04 Å². The molecule has 0 aliphatic carbocycles. The van der Waals surface area contributed by atoms with Crippen LogP contribution < -0.4 is 5.32 Å². The van der Waals surface area contributed by atoms with Gasteiger partial charge in [0.05, 0.1) is 0 Å². The lowest BCUT2D eigenvalue weighted by atomic mass is 9.99. The van der Waals surface area contributed by atoms with Crippen LogP contribution >= 0.6 is 0 Å². The maximum atomic E-state index is 3.85. The summed E-state index contributed by atoms with van der Waals surface area (Å²) in [7, 11) is 2.22. The molecule has 1 N–H and O–H groups in total. The number of likely N-dealkylation sites (tertiary alicyclic amines) is 1. The lowest BCUT2D eigenvalue weighted by Gasteiger charge is -2.32. The van der Waals surface area contributed by atoms with Gasteiger partial charge in [-0.1, -0.05) is 37.3 Å². The second kappa shape index (κ2) is 6.91. The minimum Gasteiger partial charge on any atom is -0.311 e. The SMILES string of the molecule is CCC(Cc1ccccc1)NC1CCN(C)CC1. The molecule has 1 aliphatic rings. The fourth-order valence-electron chi connectivity index (χ4n) is 2.73. The van der Waals surface area contributed by atoms with Gasteiger partial charge in [-0.05, 0) is 51.4 Å². The maximum absolute atomic E-state index is 3.85. The Balaban J connectivity index is 1.82. The van der Waals surface area contributed by atoms with E-state index in [1.165, 1.54) is 37.9 Å². The summed E-state index contributed by atoms with van der Waals surface area (Å²) >= 11 is 0. The van der Waals surface area contributed by atoms with Gasteiger partial charge in [-0.3, -0.25) is 0 Å². The summed E-state index contributed by atoms with van der Waals surface area (Å²) in [6.45, 7) is 4.76. The molecule has 1 aliphatic heterocycles. The van der Waals surface area contributed by atoms with Crippen molar-refractivity contribution in [1.29, 1.82) is 0 Å². The lowest BCUT2D eigenvalue weighted by Crippen LogP contribution is -2.45. The highest BCUT2D eigenvalue weighted by Gasteiger charge is 2.19. The average Bonchev–Trinajstić information content (AvgIpc) is 2.41. The smallest absolute Gasteiger partial charge is 0.0107 e. The molecule has 1 saturated heterocycles. The van der Waals surface area contributed by atoms with Crippen LogP contribution in [0.25, 0.3) is 0 Å². The van der Waals surface area contributed by atoms with Gasteiger partial charge < -0.3 is 10.2 Å². The number of hydrogen-bond acceptors (Lipinski definition) is 2. The highest BCUT2D eigenvalue weighted by atomic mass is 15.1. The molecule has 0 radical (unpaired) electrons. The zero-order valence-electron chi connectivity index (χ0n) is 11.7. The molecule has 0 bridgehead atoms. The topological polar surface area (TPSA) is 15.3 Å². The Morgan fingerprint density at radius 2 is 1.89 bits per heavy atom. The summed E-state index contributed by atoms with van der Waals surface area (Å²) in [4.78, 5) is 2.43.